The molecule has 0 amide bonds. The van der Waals surface area contributed by atoms with Gasteiger partial charge in [-0.05, 0) is 38.4 Å². The van der Waals surface area contributed by atoms with Gasteiger partial charge in [0.25, 0.3) is 0 Å². The lowest BCUT2D eigenvalue weighted by molar-refractivity contribution is 0.260. The van der Waals surface area contributed by atoms with E-state index in [-0.39, 0.29) is 6.61 Å². The summed E-state index contributed by atoms with van der Waals surface area (Å²) in [5.41, 5.74) is 2.11. The third-order valence-corrected chi connectivity index (χ3v) is 4.21. The Morgan fingerprint density at radius 3 is 2.89 bits per heavy atom. The van der Waals surface area contributed by atoms with Crippen LogP contribution in [0.25, 0.3) is 0 Å². The maximum atomic E-state index is 9.38. The Balaban J connectivity index is 1.71. The molecule has 2 aliphatic rings. The highest BCUT2D eigenvalue weighted by atomic mass is 16.3. The molecule has 1 N–H and O–H groups in total. The average molecular weight is 247 g/mol. The van der Waals surface area contributed by atoms with Gasteiger partial charge in [0, 0.05) is 42.8 Å². The number of aromatic nitrogens is 1. The van der Waals surface area contributed by atoms with E-state index in [2.05, 4.69) is 14.8 Å². The predicted octanol–water partition coefficient (Wildman–Crippen LogP) is 1.25. The number of nitrogens with zero attached hydrogens (tertiary/aromatic N) is 3. The van der Waals surface area contributed by atoms with Gasteiger partial charge in [-0.25, -0.2) is 0 Å². The molecular weight excluding hydrogens is 226 g/mol. The molecule has 3 rings (SSSR count). The molecule has 3 heterocycles. The van der Waals surface area contributed by atoms with Gasteiger partial charge in [0.15, 0.2) is 0 Å². The van der Waals surface area contributed by atoms with Gasteiger partial charge in [-0.15, -0.1) is 0 Å². The van der Waals surface area contributed by atoms with Crippen LogP contribution in [0.15, 0.2) is 18.5 Å². The molecule has 0 aromatic carbocycles. The molecule has 0 spiro atoms. The van der Waals surface area contributed by atoms with Gasteiger partial charge in [-0.2, -0.15) is 0 Å². The molecule has 2 saturated heterocycles. The normalized spacial score (nSPS) is 24.9. The Kier molecular flexibility index (Phi) is 3.48. The number of hydrogen-bond donors (Lipinski definition) is 1. The molecule has 1 atom stereocenters. The third kappa shape index (κ3) is 2.22. The van der Waals surface area contributed by atoms with Gasteiger partial charge < -0.3 is 10.0 Å². The average Bonchev–Trinajstić information content (AvgIpc) is 3.09. The molecule has 0 saturated carbocycles. The second-order valence-corrected chi connectivity index (χ2v) is 5.29. The summed E-state index contributed by atoms with van der Waals surface area (Å²) in [4.78, 5) is 9.11. The van der Waals surface area contributed by atoms with E-state index in [1.165, 1.54) is 32.4 Å². The molecular formula is C14H21N3O. The Bertz CT molecular complexity index is 404. The lowest BCUT2D eigenvalue weighted by Gasteiger charge is -2.25. The fraction of sp³-hybridized carbons (Fsp3) is 0.643. The lowest BCUT2D eigenvalue weighted by atomic mass is 10.2. The zero-order chi connectivity index (χ0) is 12.4. The van der Waals surface area contributed by atoms with Crippen LogP contribution < -0.4 is 4.90 Å². The van der Waals surface area contributed by atoms with Crippen LogP contribution in [-0.4, -0.2) is 47.2 Å². The summed E-state index contributed by atoms with van der Waals surface area (Å²) in [6.07, 6.45) is 7.55. The molecule has 0 radical (unpaired) electrons. The Morgan fingerprint density at radius 2 is 2.11 bits per heavy atom. The summed E-state index contributed by atoms with van der Waals surface area (Å²) in [7, 11) is 0. The van der Waals surface area contributed by atoms with Crippen molar-refractivity contribution in [1.29, 1.82) is 0 Å². The maximum Gasteiger partial charge on any atom is 0.0717 e. The van der Waals surface area contributed by atoms with E-state index in [1.54, 1.807) is 6.20 Å². The van der Waals surface area contributed by atoms with Crippen LogP contribution in [0.1, 0.15) is 24.8 Å². The van der Waals surface area contributed by atoms with Crippen LogP contribution in [0.4, 0.5) is 5.69 Å². The van der Waals surface area contributed by atoms with Crippen LogP contribution in [0.2, 0.25) is 0 Å². The van der Waals surface area contributed by atoms with E-state index in [9.17, 15) is 5.11 Å². The Labute approximate surface area is 108 Å². The van der Waals surface area contributed by atoms with Crippen LogP contribution in [-0.2, 0) is 6.61 Å². The van der Waals surface area contributed by atoms with Crippen LogP contribution >= 0.6 is 0 Å². The van der Waals surface area contributed by atoms with Gasteiger partial charge >= 0.3 is 0 Å². The first-order chi connectivity index (χ1) is 8.88. The molecule has 1 aromatic heterocycles. The van der Waals surface area contributed by atoms with Crippen molar-refractivity contribution in [2.24, 2.45) is 0 Å². The minimum atomic E-state index is 0.0774. The van der Waals surface area contributed by atoms with E-state index < -0.39 is 0 Å². The fourth-order valence-corrected chi connectivity index (χ4v) is 3.22. The highest BCUT2D eigenvalue weighted by molar-refractivity contribution is 5.53. The van der Waals surface area contributed by atoms with Crippen molar-refractivity contribution in [2.45, 2.75) is 31.9 Å². The van der Waals surface area contributed by atoms with Crippen molar-refractivity contribution >= 4 is 5.69 Å². The van der Waals surface area contributed by atoms with Crippen molar-refractivity contribution in [3.05, 3.63) is 24.0 Å². The molecule has 98 valence electrons. The first kappa shape index (κ1) is 11.9. The number of hydrogen-bond acceptors (Lipinski definition) is 4. The number of aliphatic hydroxyl groups excluding tert-OH is 1. The number of pyridine rings is 1. The topological polar surface area (TPSA) is 39.6 Å². The van der Waals surface area contributed by atoms with E-state index in [0.29, 0.717) is 6.04 Å². The SMILES string of the molecule is OCc1cnccc1N1CCC(N2CCCC2)C1. The minimum Gasteiger partial charge on any atom is -0.392 e. The number of rotatable bonds is 3. The first-order valence-electron chi connectivity index (χ1n) is 6.91. The Hall–Kier alpha value is -1.13. The van der Waals surface area contributed by atoms with E-state index in [4.69, 9.17) is 0 Å². The Morgan fingerprint density at radius 1 is 1.28 bits per heavy atom. The summed E-state index contributed by atoms with van der Waals surface area (Å²) >= 11 is 0. The maximum absolute atomic E-state index is 9.38. The summed E-state index contributed by atoms with van der Waals surface area (Å²) in [6.45, 7) is 4.80. The second kappa shape index (κ2) is 5.24. The number of likely N-dealkylation sites (tertiary alicyclic amines) is 1. The smallest absolute Gasteiger partial charge is 0.0717 e. The molecule has 0 aliphatic carbocycles. The van der Waals surface area contributed by atoms with Crippen molar-refractivity contribution in [3.8, 4) is 0 Å². The molecule has 1 unspecified atom stereocenters. The van der Waals surface area contributed by atoms with Crippen molar-refractivity contribution in [1.82, 2.24) is 9.88 Å². The second-order valence-electron chi connectivity index (χ2n) is 5.29. The molecule has 1 aromatic rings. The van der Waals surface area contributed by atoms with Crippen molar-refractivity contribution in [3.63, 3.8) is 0 Å². The van der Waals surface area contributed by atoms with E-state index >= 15 is 0 Å². The van der Waals surface area contributed by atoms with Crippen LogP contribution in [0.5, 0.6) is 0 Å². The molecule has 18 heavy (non-hydrogen) atoms. The minimum absolute atomic E-state index is 0.0774. The summed E-state index contributed by atoms with van der Waals surface area (Å²) in [6, 6.07) is 2.73. The summed E-state index contributed by atoms with van der Waals surface area (Å²) < 4.78 is 0. The van der Waals surface area contributed by atoms with Crippen LogP contribution in [0, 0.1) is 0 Å². The number of aliphatic hydroxyl groups is 1. The van der Waals surface area contributed by atoms with Gasteiger partial charge in [-0.3, -0.25) is 9.88 Å². The van der Waals surface area contributed by atoms with Gasteiger partial charge in [0.1, 0.15) is 0 Å². The molecule has 0 bridgehead atoms. The lowest BCUT2D eigenvalue weighted by Crippen LogP contribution is -2.35. The standard InChI is InChI=1S/C14H21N3O/c18-11-12-9-15-5-3-14(12)17-8-4-13(10-17)16-6-1-2-7-16/h3,5,9,13,18H,1-2,4,6-8,10-11H2. The van der Waals surface area contributed by atoms with Crippen molar-refractivity contribution < 1.29 is 5.11 Å². The highest BCUT2D eigenvalue weighted by Gasteiger charge is 2.29. The predicted molar refractivity (Wildman–Crippen MR) is 71.6 cm³/mol. The molecule has 2 aliphatic heterocycles. The quantitative estimate of drug-likeness (QED) is 0.872. The highest BCUT2D eigenvalue weighted by Crippen LogP contribution is 2.27. The monoisotopic (exact) mass is 247 g/mol. The molecule has 2 fully saturated rings. The van der Waals surface area contributed by atoms with E-state index in [1.807, 2.05) is 12.3 Å². The van der Waals surface area contributed by atoms with Gasteiger partial charge in [0.2, 0.25) is 0 Å². The van der Waals surface area contributed by atoms with E-state index in [0.717, 1.165) is 24.3 Å². The number of anilines is 1. The largest absolute Gasteiger partial charge is 0.392 e. The van der Waals surface area contributed by atoms with Gasteiger partial charge in [-0.1, -0.05) is 0 Å². The van der Waals surface area contributed by atoms with Gasteiger partial charge in [0.05, 0.1) is 6.61 Å². The van der Waals surface area contributed by atoms with Crippen LogP contribution in [0.3, 0.4) is 0 Å². The first-order valence-corrected chi connectivity index (χ1v) is 6.91. The zero-order valence-electron chi connectivity index (χ0n) is 10.8. The zero-order valence-corrected chi connectivity index (χ0v) is 10.8. The molecule has 4 nitrogen and oxygen atoms in total. The third-order valence-electron chi connectivity index (χ3n) is 4.21. The molecule has 4 heteroatoms. The summed E-state index contributed by atoms with van der Waals surface area (Å²) in [5, 5.41) is 9.38. The van der Waals surface area contributed by atoms with Crippen molar-refractivity contribution in [2.75, 3.05) is 31.1 Å². The summed E-state index contributed by atoms with van der Waals surface area (Å²) in [5.74, 6) is 0. The fourth-order valence-electron chi connectivity index (χ4n) is 3.22.